The lowest BCUT2D eigenvalue weighted by Crippen LogP contribution is -2.20. The molecule has 0 saturated carbocycles. The summed E-state index contributed by atoms with van der Waals surface area (Å²) in [5.41, 5.74) is 1.65. The highest BCUT2D eigenvalue weighted by Gasteiger charge is 2.18. The molecule has 0 heterocycles. The first kappa shape index (κ1) is 13.8. The van der Waals surface area contributed by atoms with Crippen molar-refractivity contribution >= 4 is 24.5 Å². The first-order valence-corrected chi connectivity index (χ1v) is 7.82. The molecule has 19 heavy (non-hydrogen) atoms. The zero-order valence-corrected chi connectivity index (χ0v) is 12.0. The second-order valence-electron chi connectivity index (χ2n) is 4.40. The standard InChI is InChI=1S/C16H17O2P/c1-3-19(13-10-8-12(2)9-11-13)15-7-5-4-6-14(15)16(17)18/h4-11H,3H2,1-2H3,(H,17,18). The molecule has 0 amide bonds. The summed E-state index contributed by atoms with van der Waals surface area (Å²) in [5.74, 6) is -0.844. The molecule has 98 valence electrons. The summed E-state index contributed by atoms with van der Waals surface area (Å²) >= 11 is 0. The largest absolute Gasteiger partial charge is 0.478 e. The van der Waals surface area contributed by atoms with E-state index in [0.717, 1.165) is 11.5 Å². The van der Waals surface area contributed by atoms with Crippen molar-refractivity contribution in [1.82, 2.24) is 0 Å². The van der Waals surface area contributed by atoms with Gasteiger partial charge in [0.2, 0.25) is 0 Å². The number of aryl methyl sites for hydroxylation is 1. The fourth-order valence-corrected chi connectivity index (χ4v) is 4.33. The summed E-state index contributed by atoms with van der Waals surface area (Å²) in [7, 11) is -0.595. The van der Waals surface area contributed by atoms with Crippen molar-refractivity contribution in [3.63, 3.8) is 0 Å². The first-order valence-electron chi connectivity index (χ1n) is 6.30. The summed E-state index contributed by atoms with van der Waals surface area (Å²) in [4.78, 5) is 11.3. The second kappa shape index (κ2) is 5.99. The number of aromatic carboxylic acids is 1. The average molecular weight is 272 g/mol. The predicted octanol–water partition coefficient (Wildman–Crippen LogP) is 3.15. The molecule has 2 rings (SSSR count). The maximum Gasteiger partial charge on any atom is 0.336 e. The maximum absolute atomic E-state index is 11.3. The van der Waals surface area contributed by atoms with Crippen molar-refractivity contribution in [3.05, 3.63) is 59.7 Å². The van der Waals surface area contributed by atoms with Gasteiger partial charge in [-0.15, -0.1) is 0 Å². The Kier molecular flexibility index (Phi) is 4.34. The summed E-state index contributed by atoms with van der Waals surface area (Å²) in [5, 5.41) is 11.5. The molecule has 3 heteroatoms. The Bertz CT molecular complexity index is 576. The van der Waals surface area contributed by atoms with Crippen molar-refractivity contribution in [1.29, 1.82) is 0 Å². The molecule has 1 unspecified atom stereocenters. The lowest BCUT2D eigenvalue weighted by Gasteiger charge is -2.18. The van der Waals surface area contributed by atoms with Gasteiger partial charge in [-0.1, -0.05) is 55.0 Å². The SMILES string of the molecule is CCP(c1ccc(C)cc1)c1ccccc1C(=O)O. The Balaban J connectivity index is 2.48. The fraction of sp³-hybridized carbons (Fsp3) is 0.188. The number of benzene rings is 2. The van der Waals surface area contributed by atoms with Gasteiger partial charge in [0.1, 0.15) is 0 Å². The maximum atomic E-state index is 11.3. The van der Waals surface area contributed by atoms with Crippen LogP contribution in [0, 0.1) is 6.92 Å². The van der Waals surface area contributed by atoms with Crippen LogP contribution in [0.2, 0.25) is 0 Å². The molecule has 0 aromatic heterocycles. The molecular weight excluding hydrogens is 255 g/mol. The highest BCUT2D eigenvalue weighted by atomic mass is 31.1. The summed E-state index contributed by atoms with van der Waals surface area (Å²) in [6, 6.07) is 15.7. The smallest absolute Gasteiger partial charge is 0.336 e. The van der Waals surface area contributed by atoms with Crippen molar-refractivity contribution < 1.29 is 9.90 Å². The van der Waals surface area contributed by atoms with Gasteiger partial charge < -0.3 is 5.11 Å². The van der Waals surface area contributed by atoms with Gasteiger partial charge in [0.25, 0.3) is 0 Å². The minimum Gasteiger partial charge on any atom is -0.478 e. The van der Waals surface area contributed by atoms with Crippen LogP contribution in [-0.2, 0) is 0 Å². The van der Waals surface area contributed by atoms with Crippen molar-refractivity contribution in [2.45, 2.75) is 13.8 Å². The van der Waals surface area contributed by atoms with E-state index in [-0.39, 0.29) is 0 Å². The Morgan fingerprint density at radius 3 is 2.32 bits per heavy atom. The van der Waals surface area contributed by atoms with E-state index < -0.39 is 13.9 Å². The number of hydrogen-bond acceptors (Lipinski definition) is 1. The number of carboxylic acid groups (broad SMARTS) is 1. The van der Waals surface area contributed by atoms with E-state index in [2.05, 4.69) is 38.1 Å². The number of carbonyl (C=O) groups is 1. The van der Waals surface area contributed by atoms with E-state index >= 15 is 0 Å². The third kappa shape index (κ3) is 3.02. The Morgan fingerprint density at radius 2 is 1.74 bits per heavy atom. The first-order chi connectivity index (χ1) is 9.13. The van der Waals surface area contributed by atoms with E-state index in [1.54, 1.807) is 12.1 Å². The van der Waals surface area contributed by atoms with Gasteiger partial charge in [-0.05, 0) is 37.7 Å². The predicted molar refractivity (Wildman–Crippen MR) is 81.3 cm³/mol. The van der Waals surface area contributed by atoms with Crippen LogP contribution in [0.1, 0.15) is 22.8 Å². The van der Waals surface area contributed by atoms with Crippen LogP contribution in [0.5, 0.6) is 0 Å². The van der Waals surface area contributed by atoms with Crippen LogP contribution in [-0.4, -0.2) is 17.2 Å². The van der Waals surface area contributed by atoms with Crippen LogP contribution >= 0.6 is 7.92 Å². The minimum absolute atomic E-state index is 0.427. The number of rotatable bonds is 4. The summed E-state index contributed by atoms with van der Waals surface area (Å²) in [6.07, 6.45) is 0.947. The molecule has 0 radical (unpaired) electrons. The molecule has 0 spiro atoms. The Labute approximate surface area is 114 Å². The van der Waals surface area contributed by atoms with Crippen LogP contribution in [0.4, 0.5) is 0 Å². The Morgan fingerprint density at radius 1 is 1.11 bits per heavy atom. The molecule has 0 saturated heterocycles. The van der Waals surface area contributed by atoms with Crippen molar-refractivity contribution in [2.24, 2.45) is 0 Å². The van der Waals surface area contributed by atoms with Gasteiger partial charge in [-0.2, -0.15) is 0 Å². The van der Waals surface area contributed by atoms with Gasteiger partial charge in [-0.3, -0.25) is 0 Å². The average Bonchev–Trinajstić information content (AvgIpc) is 2.42. The molecule has 2 nitrogen and oxygen atoms in total. The van der Waals surface area contributed by atoms with E-state index in [4.69, 9.17) is 0 Å². The van der Waals surface area contributed by atoms with E-state index in [9.17, 15) is 9.90 Å². The van der Waals surface area contributed by atoms with Gasteiger partial charge in [0.05, 0.1) is 5.56 Å². The molecule has 0 aliphatic rings. The number of carboxylic acids is 1. The third-order valence-corrected chi connectivity index (χ3v) is 5.61. The van der Waals surface area contributed by atoms with Crippen molar-refractivity contribution in [3.8, 4) is 0 Å². The van der Waals surface area contributed by atoms with Gasteiger partial charge in [0, 0.05) is 0 Å². The fourth-order valence-electron chi connectivity index (χ4n) is 2.11. The third-order valence-electron chi connectivity index (χ3n) is 3.09. The molecule has 2 aromatic carbocycles. The summed E-state index contributed by atoms with van der Waals surface area (Å²) in [6.45, 7) is 4.17. The van der Waals surface area contributed by atoms with E-state index in [1.165, 1.54) is 10.9 Å². The van der Waals surface area contributed by atoms with Crippen molar-refractivity contribution in [2.75, 3.05) is 6.16 Å². The topological polar surface area (TPSA) is 37.3 Å². The van der Waals surface area contributed by atoms with Crippen LogP contribution < -0.4 is 10.6 Å². The van der Waals surface area contributed by atoms with Gasteiger partial charge >= 0.3 is 5.97 Å². The molecule has 0 aliphatic heterocycles. The molecule has 1 N–H and O–H groups in total. The monoisotopic (exact) mass is 272 g/mol. The molecule has 0 fully saturated rings. The number of hydrogen-bond donors (Lipinski definition) is 1. The van der Waals surface area contributed by atoms with Crippen LogP contribution in [0.3, 0.4) is 0 Å². The Hall–Kier alpha value is -1.66. The lowest BCUT2D eigenvalue weighted by molar-refractivity contribution is 0.0698. The second-order valence-corrected chi connectivity index (χ2v) is 6.89. The molecule has 1 atom stereocenters. The normalized spacial score (nSPS) is 12.1. The highest BCUT2D eigenvalue weighted by Crippen LogP contribution is 2.34. The quantitative estimate of drug-likeness (QED) is 0.868. The van der Waals surface area contributed by atoms with Crippen LogP contribution in [0.15, 0.2) is 48.5 Å². The van der Waals surface area contributed by atoms with Gasteiger partial charge in [-0.25, -0.2) is 4.79 Å². The molecule has 0 bridgehead atoms. The highest BCUT2D eigenvalue weighted by molar-refractivity contribution is 7.73. The van der Waals surface area contributed by atoms with Gasteiger partial charge in [0.15, 0.2) is 0 Å². The summed E-state index contributed by atoms with van der Waals surface area (Å²) < 4.78 is 0. The zero-order chi connectivity index (χ0) is 13.8. The molecule has 0 aliphatic carbocycles. The molecule has 2 aromatic rings. The van der Waals surface area contributed by atoms with E-state index in [0.29, 0.717) is 5.56 Å². The minimum atomic E-state index is -0.844. The zero-order valence-electron chi connectivity index (χ0n) is 11.1. The van der Waals surface area contributed by atoms with Crippen LogP contribution in [0.25, 0.3) is 0 Å². The molecular formula is C16H17O2P. The lowest BCUT2D eigenvalue weighted by atomic mass is 10.2. The van der Waals surface area contributed by atoms with E-state index in [1.807, 2.05) is 12.1 Å².